The highest BCUT2D eigenvalue weighted by Crippen LogP contribution is 2.39. The third kappa shape index (κ3) is 2.88. The molecule has 0 aromatic heterocycles. The molecule has 0 unspecified atom stereocenters. The van der Waals surface area contributed by atoms with Crippen molar-refractivity contribution in [3.63, 3.8) is 0 Å². The summed E-state index contributed by atoms with van der Waals surface area (Å²) in [6.45, 7) is 3.47. The quantitative estimate of drug-likeness (QED) is 0.839. The number of halogens is 2. The van der Waals surface area contributed by atoms with Crippen molar-refractivity contribution in [1.82, 2.24) is 0 Å². The van der Waals surface area contributed by atoms with E-state index in [4.69, 9.17) is 14.2 Å². The molecule has 1 aromatic rings. The monoisotopic (exact) mass is 310 g/mol. The molecule has 0 amide bonds. The van der Waals surface area contributed by atoms with Gasteiger partial charge in [-0.2, -0.15) is 4.39 Å². The van der Waals surface area contributed by atoms with Gasteiger partial charge in [-0.05, 0) is 30.5 Å². The van der Waals surface area contributed by atoms with Crippen LogP contribution in [0.2, 0.25) is 0 Å². The molecule has 1 spiro atoms. The van der Waals surface area contributed by atoms with Crippen LogP contribution in [0.5, 0.6) is 5.75 Å². The summed E-state index contributed by atoms with van der Waals surface area (Å²) in [5.41, 5.74) is 1.09. The molecule has 1 aliphatic carbocycles. The molecule has 2 aliphatic rings. The Morgan fingerprint density at radius 3 is 2.59 bits per heavy atom. The summed E-state index contributed by atoms with van der Waals surface area (Å²) >= 11 is 0. The predicted octanol–water partition coefficient (Wildman–Crippen LogP) is 4.06. The van der Waals surface area contributed by atoms with Gasteiger partial charge in [-0.3, -0.25) is 0 Å². The first-order chi connectivity index (χ1) is 10.7. The van der Waals surface area contributed by atoms with Crippen molar-refractivity contribution in [2.45, 2.75) is 38.4 Å². The van der Waals surface area contributed by atoms with Gasteiger partial charge in [0.15, 0.2) is 17.4 Å². The number of rotatable bonds is 4. The Balaban J connectivity index is 1.80. The molecule has 1 aliphatic heterocycles. The maximum absolute atomic E-state index is 14.3. The molecule has 1 fully saturated rings. The van der Waals surface area contributed by atoms with Crippen LogP contribution in [0.4, 0.5) is 8.78 Å². The van der Waals surface area contributed by atoms with Crippen LogP contribution in [0, 0.1) is 11.6 Å². The lowest BCUT2D eigenvalue weighted by molar-refractivity contribution is -0.159. The molecule has 1 saturated heterocycles. The fourth-order valence-electron chi connectivity index (χ4n) is 2.92. The van der Waals surface area contributed by atoms with Crippen LogP contribution in [-0.4, -0.2) is 25.6 Å². The number of allylic oxidation sites excluding steroid dienone is 1. The SMILES string of the molecule is CCCOc1ccc(C2=CCC3(CC2)OCCO3)c(F)c1F. The van der Waals surface area contributed by atoms with E-state index in [1.165, 1.54) is 6.07 Å². The third-order valence-electron chi connectivity index (χ3n) is 4.10. The summed E-state index contributed by atoms with van der Waals surface area (Å²) in [6.07, 6.45) is 4.46. The lowest BCUT2D eigenvalue weighted by Crippen LogP contribution is -2.31. The van der Waals surface area contributed by atoms with E-state index in [9.17, 15) is 8.78 Å². The molecule has 0 atom stereocenters. The van der Waals surface area contributed by atoms with Crippen LogP contribution in [0.1, 0.15) is 38.2 Å². The summed E-state index contributed by atoms with van der Waals surface area (Å²) in [7, 11) is 0. The van der Waals surface area contributed by atoms with Gasteiger partial charge < -0.3 is 14.2 Å². The smallest absolute Gasteiger partial charge is 0.201 e. The van der Waals surface area contributed by atoms with E-state index in [2.05, 4.69) is 0 Å². The van der Waals surface area contributed by atoms with Gasteiger partial charge in [0.1, 0.15) is 0 Å². The zero-order valence-corrected chi connectivity index (χ0v) is 12.7. The number of ether oxygens (including phenoxy) is 3. The molecular weight excluding hydrogens is 290 g/mol. The fraction of sp³-hybridized carbons (Fsp3) is 0.529. The van der Waals surface area contributed by atoms with E-state index in [0.717, 1.165) is 12.0 Å². The minimum atomic E-state index is -0.916. The van der Waals surface area contributed by atoms with Crippen molar-refractivity contribution in [2.75, 3.05) is 19.8 Å². The Bertz CT molecular complexity index is 578. The second-order valence-corrected chi connectivity index (χ2v) is 5.63. The largest absolute Gasteiger partial charge is 0.490 e. The molecule has 0 radical (unpaired) electrons. The van der Waals surface area contributed by atoms with Crippen LogP contribution in [0.3, 0.4) is 0 Å². The van der Waals surface area contributed by atoms with Crippen molar-refractivity contribution < 1.29 is 23.0 Å². The lowest BCUT2D eigenvalue weighted by Gasteiger charge is -2.30. The van der Waals surface area contributed by atoms with Gasteiger partial charge in [0.2, 0.25) is 5.82 Å². The Hall–Kier alpha value is -1.46. The zero-order chi connectivity index (χ0) is 15.6. The minimum absolute atomic E-state index is 0.0292. The van der Waals surface area contributed by atoms with Gasteiger partial charge in [0.25, 0.3) is 0 Å². The Morgan fingerprint density at radius 2 is 1.95 bits per heavy atom. The standard InChI is InChI=1S/C17H20F2O3/c1-2-9-20-14-4-3-13(15(18)16(14)19)12-5-7-17(8-6-12)21-10-11-22-17/h3-5H,2,6-11H2,1H3. The summed E-state index contributed by atoms with van der Waals surface area (Å²) in [5.74, 6) is -2.34. The predicted molar refractivity (Wildman–Crippen MR) is 78.6 cm³/mol. The molecular formula is C17H20F2O3. The van der Waals surface area contributed by atoms with Gasteiger partial charge in [0, 0.05) is 18.4 Å². The van der Waals surface area contributed by atoms with Gasteiger partial charge in [-0.15, -0.1) is 0 Å². The highest BCUT2D eigenvalue weighted by molar-refractivity contribution is 5.67. The maximum Gasteiger partial charge on any atom is 0.201 e. The second kappa shape index (κ2) is 6.34. The van der Waals surface area contributed by atoms with Crippen molar-refractivity contribution in [1.29, 1.82) is 0 Å². The van der Waals surface area contributed by atoms with Crippen LogP contribution in [-0.2, 0) is 9.47 Å². The molecule has 1 heterocycles. The zero-order valence-electron chi connectivity index (χ0n) is 12.7. The van der Waals surface area contributed by atoms with Crippen molar-refractivity contribution in [2.24, 2.45) is 0 Å². The van der Waals surface area contributed by atoms with E-state index in [1.54, 1.807) is 6.07 Å². The highest BCUT2D eigenvalue weighted by Gasteiger charge is 2.38. The average molecular weight is 310 g/mol. The summed E-state index contributed by atoms with van der Waals surface area (Å²) in [5, 5.41) is 0. The molecule has 120 valence electrons. The first kappa shape index (κ1) is 15.4. The maximum atomic E-state index is 14.3. The van der Waals surface area contributed by atoms with Crippen molar-refractivity contribution >= 4 is 5.57 Å². The van der Waals surface area contributed by atoms with Gasteiger partial charge in [-0.1, -0.05) is 13.0 Å². The number of benzene rings is 1. The summed E-state index contributed by atoms with van der Waals surface area (Å²) in [4.78, 5) is 0. The van der Waals surface area contributed by atoms with E-state index in [1.807, 2.05) is 13.0 Å². The Morgan fingerprint density at radius 1 is 1.18 bits per heavy atom. The summed E-state index contributed by atoms with van der Waals surface area (Å²) in [6, 6.07) is 3.08. The second-order valence-electron chi connectivity index (χ2n) is 5.63. The molecule has 22 heavy (non-hydrogen) atoms. The number of hydrogen-bond donors (Lipinski definition) is 0. The van der Waals surface area contributed by atoms with Gasteiger partial charge in [-0.25, -0.2) is 4.39 Å². The van der Waals surface area contributed by atoms with Gasteiger partial charge >= 0.3 is 0 Å². The van der Waals surface area contributed by atoms with Crippen LogP contribution < -0.4 is 4.74 Å². The molecule has 5 heteroatoms. The third-order valence-corrected chi connectivity index (χ3v) is 4.10. The Labute approximate surface area is 128 Å². The first-order valence-corrected chi connectivity index (χ1v) is 7.73. The molecule has 0 N–H and O–H groups in total. The highest BCUT2D eigenvalue weighted by atomic mass is 19.2. The van der Waals surface area contributed by atoms with Crippen LogP contribution >= 0.6 is 0 Å². The topological polar surface area (TPSA) is 27.7 Å². The molecule has 0 saturated carbocycles. The molecule has 3 nitrogen and oxygen atoms in total. The summed E-state index contributed by atoms with van der Waals surface area (Å²) < 4.78 is 44.8. The fourth-order valence-corrected chi connectivity index (χ4v) is 2.92. The normalized spacial score (nSPS) is 20.2. The molecule has 3 rings (SSSR count). The Kier molecular flexibility index (Phi) is 4.45. The minimum Gasteiger partial charge on any atom is -0.490 e. The molecule has 0 bridgehead atoms. The van der Waals surface area contributed by atoms with E-state index < -0.39 is 17.4 Å². The van der Waals surface area contributed by atoms with Gasteiger partial charge in [0.05, 0.1) is 19.8 Å². The van der Waals surface area contributed by atoms with Crippen LogP contribution in [0.15, 0.2) is 18.2 Å². The van der Waals surface area contributed by atoms with E-state index >= 15 is 0 Å². The lowest BCUT2D eigenvalue weighted by atomic mass is 9.89. The molecule has 1 aromatic carbocycles. The van der Waals surface area contributed by atoms with Crippen LogP contribution in [0.25, 0.3) is 5.57 Å². The van der Waals surface area contributed by atoms with E-state index in [-0.39, 0.29) is 5.75 Å². The van der Waals surface area contributed by atoms with Crippen molar-refractivity contribution in [3.05, 3.63) is 35.4 Å². The van der Waals surface area contributed by atoms with E-state index in [0.29, 0.717) is 44.6 Å². The average Bonchev–Trinajstić information content (AvgIpc) is 2.98. The first-order valence-electron chi connectivity index (χ1n) is 7.73. The number of hydrogen-bond acceptors (Lipinski definition) is 3. The van der Waals surface area contributed by atoms with Crippen molar-refractivity contribution in [3.8, 4) is 5.75 Å².